The van der Waals surface area contributed by atoms with Gasteiger partial charge in [-0.05, 0) is 31.9 Å². The Kier molecular flexibility index (Phi) is 5.06. The summed E-state index contributed by atoms with van der Waals surface area (Å²) in [6.07, 6.45) is 2.06. The van der Waals surface area contributed by atoms with E-state index < -0.39 is 5.97 Å². The second kappa shape index (κ2) is 7.00. The number of rotatable bonds is 5. The van der Waals surface area contributed by atoms with Crippen LogP contribution < -0.4 is 5.32 Å². The number of carbonyl (C=O) groups is 2. The van der Waals surface area contributed by atoms with Crippen molar-refractivity contribution < 1.29 is 19.1 Å². The standard InChI is InChI=1S/C14H18N2O4/c1-2-19-14(18)12-7-3-6-11(16-12)13(17)15-9-10-5-4-8-20-10/h3,6-7,10H,2,4-5,8-9H2,1H3,(H,15,17). The first-order valence-corrected chi connectivity index (χ1v) is 6.74. The molecule has 20 heavy (non-hydrogen) atoms. The van der Waals surface area contributed by atoms with Crippen LogP contribution in [0.4, 0.5) is 0 Å². The van der Waals surface area contributed by atoms with Crippen LogP contribution in [0.3, 0.4) is 0 Å². The van der Waals surface area contributed by atoms with Crippen molar-refractivity contribution >= 4 is 11.9 Å². The maximum absolute atomic E-state index is 12.0. The van der Waals surface area contributed by atoms with Crippen molar-refractivity contribution in [2.75, 3.05) is 19.8 Å². The Balaban J connectivity index is 1.95. The molecule has 0 aliphatic carbocycles. The van der Waals surface area contributed by atoms with Crippen molar-refractivity contribution in [1.82, 2.24) is 10.3 Å². The van der Waals surface area contributed by atoms with Crippen LogP contribution in [0.5, 0.6) is 0 Å². The molecule has 1 aliphatic heterocycles. The summed E-state index contributed by atoms with van der Waals surface area (Å²) in [6, 6.07) is 4.70. The van der Waals surface area contributed by atoms with Gasteiger partial charge < -0.3 is 14.8 Å². The summed E-state index contributed by atoms with van der Waals surface area (Å²) in [7, 11) is 0. The molecule has 1 atom stereocenters. The van der Waals surface area contributed by atoms with Crippen molar-refractivity contribution in [1.29, 1.82) is 0 Å². The Morgan fingerprint density at radius 2 is 2.25 bits per heavy atom. The molecule has 0 bridgehead atoms. The van der Waals surface area contributed by atoms with Gasteiger partial charge in [-0.3, -0.25) is 4.79 Å². The minimum Gasteiger partial charge on any atom is -0.461 e. The highest BCUT2D eigenvalue weighted by molar-refractivity contribution is 5.94. The van der Waals surface area contributed by atoms with E-state index in [0.29, 0.717) is 6.54 Å². The molecule has 2 rings (SSSR count). The van der Waals surface area contributed by atoms with E-state index in [1.165, 1.54) is 6.07 Å². The molecule has 108 valence electrons. The Morgan fingerprint density at radius 3 is 2.95 bits per heavy atom. The number of nitrogens with one attached hydrogen (secondary N) is 1. The molecule has 1 fully saturated rings. The minimum absolute atomic E-state index is 0.0761. The normalized spacial score (nSPS) is 17.8. The molecular weight excluding hydrogens is 260 g/mol. The van der Waals surface area contributed by atoms with Crippen molar-refractivity contribution in [3.8, 4) is 0 Å². The largest absolute Gasteiger partial charge is 0.461 e. The Hall–Kier alpha value is -1.95. The first-order valence-electron chi connectivity index (χ1n) is 6.74. The monoisotopic (exact) mass is 278 g/mol. The van der Waals surface area contributed by atoms with Gasteiger partial charge in [0.05, 0.1) is 12.7 Å². The molecule has 1 N–H and O–H groups in total. The second-order valence-electron chi connectivity index (χ2n) is 4.47. The molecule has 6 heteroatoms. The van der Waals surface area contributed by atoms with Gasteiger partial charge in [0, 0.05) is 13.2 Å². The summed E-state index contributed by atoms with van der Waals surface area (Å²) >= 11 is 0. The first-order chi connectivity index (χ1) is 9.70. The molecule has 1 aliphatic rings. The number of hydrogen-bond acceptors (Lipinski definition) is 5. The van der Waals surface area contributed by atoms with Gasteiger partial charge in [0.1, 0.15) is 11.4 Å². The predicted octanol–water partition coefficient (Wildman–Crippen LogP) is 1.17. The van der Waals surface area contributed by atoms with Gasteiger partial charge in [0.15, 0.2) is 0 Å². The number of carbonyl (C=O) groups excluding carboxylic acids is 2. The third kappa shape index (κ3) is 3.77. The molecule has 6 nitrogen and oxygen atoms in total. The molecular formula is C14H18N2O4. The number of ether oxygens (including phenoxy) is 2. The number of amides is 1. The summed E-state index contributed by atoms with van der Waals surface area (Å²) in [5, 5.41) is 2.76. The lowest BCUT2D eigenvalue weighted by atomic mass is 10.2. The molecule has 1 aromatic rings. The fourth-order valence-corrected chi connectivity index (χ4v) is 1.98. The van der Waals surface area contributed by atoms with Crippen LogP contribution in [0.1, 0.15) is 40.7 Å². The number of nitrogens with zero attached hydrogens (tertiary/aromatic N) is 1. The molecule has 1 unspecified atom stereocenters. The summed E-state index contributed by atoms with van der Waals surface area (Å²) in [6.45, 7) is 3.20. The average molecular weight is 278 g/mol. The maximum atomic E-state index is 12.0. The maximum Gasteiger partial charge on any atom is 0.356 e. The van der Waals surface area contributed by atoms with E-state index in [1.54, 1.807) is 19.1 Å². The van der Waals surface area contributed by atoms with E-state index in [1.807, 2.05) is 0 Å². The van der Waals surface area contributed by atoms with E-state index in [-0.39, 0.29) is 30.0 Å². The fraction of sp³-hybridized carbons (Fsp3) is 0.500. The lowest BCUT2D eigenvalue weighted by Crippen LogP contribution is -2.32. The third-order valence-corrected chi connectivity index (χ3v) is 2.98. The Labute approximate surface area is 117 Å². The molecule has 0 radical (unpaired) electrons. The van der Waals surface area contributed by atoms with Gasteiger partial charge in [0.25, 0.3) is 5.91 Å². The van der Waals surface area contributed by atoms with Crippen molar-refractivity contribution in [3.63, 3.8) is 0 Å². The van der Waals surface area contributed by atoms with E-state index in [2.05, 4.69) is 10.3 Å². The Bertz CT molecular complexity index is 484. The van der Waals surface area contributed by atoms with Crippen LogP contribution in [0.2, 0.25) is 0 Å². The van der Waals surface area contributed by atoms with Crippen molar-refractivity contribution in [3.05, 3.63) is 29.6 Å². The second-order valence-corrected chi connectivity index (χ2v) is 4.47. The van der Waals surface area contributed by atoms with E-state index >= 15 is 0 Å². The van der Waals surface area contributed by atoms with Crippen LogP contribution in [-0.2, 0) is 9.47 Å². The summed E-state index contributed by atoms with van der Waals surface area (Å²) in [5.74, 6) is -0.840. The van der Waals surface area contributed by atoms with Crippen molar-refractivity contribution in [2.45, 2.75) is 25.9 Å². The molecule has 1 aromatic heterocycles. The smallest absolute Gasteiger partial charge is 0.356 e. The van der Waals surface area contributed by atoms with E-state index in [0.717, 1.165) is 19.4 Å². The molecule has 0 spiro atoms. The molecule has 0 saturated carbocycles. The van der Waals surface area contributed by atoms with Crippen LogP contribution in [0.25, 0.3) is 0 Å². The van der Waals surface area contributed by atoms with Gasteiger partial charge >= 0.3 is 5.97 Å². The number of pyridine rings is 1. The van der Waals surface area contributed by atoms with Gasteiger partial charge in [-0.1, -0.05) is 6.07 Å². The van der Waals surface area contributed by atoms with Gasteiger partial charge in [-0.15, -0.1) is 0 Å². The van der Waals surface area contributed by atoms with Crippen LogP contribution in [-0.4, -0.2) is 42.7 Å². The van der Waals surface area contributed by atoms with Crippen LogP contribution >= 0.6 is 0 Å². The number of esters is 1. The average Bonchev–Trinajstić information content (AvgIpc) is 2.98. The summed E-state index contributed by atoms with van der Waals surface area (Å²) < 4.78 is 10.3. The predicted molar refractivity (Wildman–Crippen MR) is 71.5 cm³/mol. The molecule has 2 heterocycles. The minimum atomic E-state index is -0.527. The highest BCUT2D eigenvalue weighted by atomic mass is 16.5. The summed E-state index contributed by atoms with van der Waals surface area (Å²) in [4.78, 5) is 27.5. The van der Waals surface area contributed by atoms with Gasteiger partial charge in [-0.25, -0.2) is 9.78 Å². The molecule has 1 amide bonds. The summed E-state index contributed by atoms with van der Waals surface area (Å²) in [5.41, 5.74) is 0.338. The van der Waals surface area contributed by atoms with Crippen LogP contribution in [0, 0.1) is 0 Å². The third-order valence-electron chi connectivity index (χ3n) is 2.98. The van der Waals surface area contributed by atoms with Gasteiger partial charge in [-0.2, -0.15) is 0 Å². The van der Waals surface area contributed by atoms with Crippen molar-refractivity contribution in [2.24, 2.45) is 0 Å². The topological polar surface area (TPSA) is 77.5 Å². The lowest BCUT2D eigenvalue weighted by Gasteiger charge is -2.10. The molecule has 1 saturated heterocycles. The lowest BCUT2D eigenvalue weighted by molar-refractivity contribution is 0.0519. The SMILES string of the molecule is CCOC(=O)c1cccc(C(=O)NCC2CCCO2)n1. The number of aromatic nitrogens is 1. The number of hydrogen-bond donors (Lipinski definition) is 1. The first kappa shape index (κ1) is 14.5. The Morgan fingerprint density at radius 1 is 1.45 bits per heavy atom. The highest BCUT2D eigenvalue weighted by Gasteiger charge is 2.18. The fourth-order valence-electron chi connectivity index (χ4n) is 1.98. The zero-order valence-electron chi connectivity index (χ0n) is 11.4. The highest BCUT2D eigenvalue weighted by Crippen LogP contribution is 2.10. The zero-order valence-corrected chi connectivity index (χ0v) is 11.4. The van der Waals surface area contributed by atoms with E-state index in [9.17, 15) is 9.59 Å². The molecule has 0 aromatic carbocycles. The zero-order chi connectivity index (χ0) is 14.4. The quantitative estimate of drug-likeness (QED) is 0.818. The van der Waals surface area contributed by atoms with Crippen LogP contribution in [0.15, 0.2) is 18.2 Å². The van der Waals surface area contributed by atoms with Gasteiger partial charge in [0.2, 0.25) is 0 Å². The van der Waals surface area contributed by atoms with E-state index in [4.69, 9.17) is 9.47 Å².